The van der Waals surface area contributed by atoms with Crippen LogP contribution in [0.15, 0.2) is 18.2 Å². The standard InChI is InChI=1S/C19H23F6NO2/c1-17(2,3)28-16(27)26-8-6-12(7-9-26)10-13-4-5-14(18(20,21)22)11-15(13)19(23,24)25/h4-5,11-12H,6-10H2,1-3H3. The Labute approximate surface area is 159 Å². The van der Waals surface area contributed by atoms with Crippen LogP contribution in [-0.4, -0.2) is 29.7 Å². The maximum atomic E-state index is 13.3. The van der Waals surface area contributed by atoms with Gasteiger partial charge in [-0.1, -0.05) is 6.07 Å². The van der Waals surface area contributed by atoms with Gasteiger partial charge in [-0.3, -0.25) is 0 Å². The number of halogens is 6. The summed E-state index contributed by atoms with van der Waals surface area (Å²) >= 11 is 0. The van der Waals surface area contributed by atoms with Crippen LogP contribution >= 0.6 is 0 Å². The molecule has 3 nitrogen and oxygen atoms in total. The highest BCUT2D eigenvalue weighted by Crippen LogP contribution is 2.38. The van der Waals surface area contributed by atoms with Gasteiger partial charge in [-0.15, -0.1) is 0 Å². The van der Waals surface area contributed by atoms with Crippen LogP contribution in [0.5, 0.6) is 0 Å². The lowest BCUT2D eigenvalue weighted by molar-refractivity contribution is -0.143. The van der Waals surface area contributed by atoms with Crippen molar-refractivity contribution in [3.63, 3.8) is 0 Å². The quantitative estimate of drug-likeness (QED) is 0.566. The zero-order valence-electron chi connectivity index (χ0n) is 15.9. The lowest BCUT2D eigenvalue weighted by Gasteiger charge is -2.33. The lowest BCUT2D eigenvalue weighted by Crippen LogP contribution is -2.42. The van der Waals surface area contributed by atoms with E-state index < -0.39 is 35.2 Å². The molecular weight excluding hydrogens is 388 g/mol. The first-order valence-corrected chi connectivity index (χ1v) is 8.92. The van der Waals surface area contributed by atoms with Crippen molar-refractivity contribution in [3.8, 4) is 0 Å². The van der Waals surface area contributed by atoms with Crippen LogP contribution in [0.3, 0.4) is 0 Å². The molecule has 158 valence electrons. The summed E-state index contributed by atoms with van der Waals surface area (Å²) in [6, 6.07) is 1.76. The van der Waals surface area contributed by atoms with Crippen molar-refractivity contribution >= 4 is 6.09 Å². The Kier molecular flexibility index (Phi) is 6.25. The Hall–Kier alpha value is -1.93. The van der Waals surface area contributed by atoms with E-state index in [1.165, 1.54) is 4.90 Å². The summed E-state index contributed by atoms with van der Waals surface area (Å²) < 4.78 is 83.3. The molecule has 9 heteroatoms. The molecule has 0 aliphatic carbocycles. The van der Waals surface area contributed by atoms with Crippen LogP contribution in [0.1, 0.15) is 50.3 Å². The number of hydrogen-bond acceptors (Lipinski definition) is 2. The molecule has 1 aliphatic heterocycles. The van der Waals surface area contributed by atoms with Gasteiger partial charge in [0, 0.05) is 13.1 Å². The van der Waals surface area contributed by atoms with Crippen molar-refractivity contribution in [2.24, 2.45) is 5.92 Å². The van der Waals surface area contributed by atoms with E-state index in [1.54, 1.807) is 20.8 Å². The number of hydrogen-bond donors (Lipinski definition) is 0. The molecule has 1 fully saturated rings. The molecular formula is C19H23F6NO2. The number of alkyl halides is 6. The topological polar surface area (TPSA) is 29.5 Å². The molecule has 0 atom stereocenters. The largest absolute Gasteiger partial charge is 0.444 e. The Morgan fingerprint density at radius 3 is 2.07 bits per heavy atom. The first-order chi connectivity index (χ1) is 12.7. The van der Waals surface area contributed by atoms with Crippen molar-refractivity contribution in [3.05, 3.63) is 34.9 Å². The predicted molar refractivity (Wildman–Crippen MR) is 90.7 cm³/mol. The van der Waals surface area contributed by atoms with Crippen molar-refractivity contribution < 1.29 is 35.9 Å². The second kappa shape index (κ2) is 7.83. The molecule has 1 amide bonds. The number of nitrogens with zero attached hydrogens (tertiary/aromatic N) is 1. The van der Waals surface area contributed by atoms with E-state index in [1.807, 2.05) is 0 Å². The summed E-state index contributed by atoms with van der Waals surface area (Å²) in [6.07, 6.45) is -9.26. The number of likely N-dealkylation sites (tertiary alicyclic amines) is 1. The van der Waals surface area contributed by atoms with Crippen molar-refractivity contribution in [2.75, 3.05) is 13.1 Å². The fourth-order valence-corrected chi connectivity index (χ4v) is 3.15. The van der Waals surface area contributed by atoms with Crippen LogP contribution in [0.25, 0.3) is 0 Å². The molecule has 0 saturated carbocycles. The summed E-state index contributed by atoms with van der Waals surface area (Å²) in [4.78, 5) is 13.5. The number of amides is 1. The van der Waals surface area contributed by atoms with Gasteiger partial charge < -0.3 is 9.64 Å². The summed E-state index contributed by atoms with van der Waals surface area (Å²) in [5, 5.41) is 0. The summed E-state index contributed by atoms with van der Waals surface area (Å²) in [5.74, 6) is -0.156. The third-order valence-electron chi connectivity index (χ3n) is 4.52. The first kappa shape index (κ1) is 22.4. The van der Waals surface area contributed by atoms with Crippen molar-refractivity contribution in [2.45, 2.75) is 58.0 Å². The second-order valence-corrected chi connectivity index (χ2v) is 7.98. The van der Waals surface area contributed by atoms with E-state index in [0.29, 0.717) is 32.0 Å². The molecule has 0 unspecified atom stereocenters. The zero-order chi connectivity index (χ0) is 21.3. The molecule has 1 aliphatic rings. The van der Waals surface area contributed by atoms with Gasteiger partial charge in [0.05, 0.1) is 11.1 Å². The van der Waals surface area contributed by atoms with Gasteiger partial charge in [-0.2, -0.15) is 26.3 Å². The van der Waals surface area contributed by atoms with E-state index in [-0.39, 0.29) is 24.0 Å². The number of piperidine rings is 1. The second-order valence-electron chi connectivity index (χ2n) is 7.98. The van der Waals surface area contributed by atoms with Crippen LogP contribution in [0, 0.1) is 5.92 Å². The third-order valence-corrected chi connectivity index (χ3v) is 4.52. The molecule has 1 saturated heterocycles. The van der Waals surface area contributed by atoms with E-state index in [2.05, 4.69) is 0 Å². The molecule has 1 heterocycles. The Morgan fingerprint density at radius 1 is 1.04 bits per heavy atom. The van der Waals surface area contributed by atoms with E-state index in [4.69, 9.17) is 4.74 Å². The molecule has 0 radical (unpaired) electrons. The van der Waals surface area contributed by atoms with Gasteiger partial charge in [0.25, 0.3) is 0 Å². The minimum atomic E-state index is -4.87. The highest BCUT2D eigenvalue weighted by molar-refractivity contribution is 5.68. The SMILES string of the molecule is CC(C)(C)OC(=O)N1CCC(Cc2ccc(C(F)(F)F)cc2C(F)(F)F)CC1. The number of rotatable bonds is 2. The molecule has 1 aromatic carbocycles. The van der Waals surface area contributed by atoms with E-state index in [0.717, 1.165) is 6.07 Å². The van der Waals surface area contributed by atoms with Gasteiger partial charge in [0.15, 0.2) is 0 Å². The van der Waals surface area contributed by atoms with Crippen LogP contribution < -0.4 is 0 Å². The molecule has 2 rings (SSSR count). The van der Waals surface area contributed by atoms with Gasteiger partial charge in [-0.25, -0.2) is 4.79 Å². The minimum absolute atomic E-state index is 0.00907. The number of carbonyl (C=O) groups excluding carboxylic acids is 1. The normalized spacial score (nSPS) is 17.0. The van der Waals surface area contributed by atoms with Crippen LogP contribution in [-0.2, 0) is 23.5 Å². The number of carbonyl (C=O) groups is 1. The van der Waals surface area contributed by atoms with Gasteiger partial charge in [0.1, 0.15) is 5.60 Å². The van der Waals surface area contributed by atoms with E-state index in [9.17, 15) is 31.1 Å². The number of ether oxygens (including phenoxy) is 1. The minimum Gasteiger partial charge on any atom is -0.444 e. The Bertz CT molecular complexity index is 698. The molecule has 0 aromatic heterocycles. The molecule has 28 heavy (non-hydrogen) atoms. The smallest absolute Gasteiger partial charge is 0.416 e. The average molecular weight is 411 g/mol. The highest BCUT2D eigenvalue weighted by Gasteiger charge is 2.38. The maximum Gasteiger partial charge on any atom is 0.416 e. The number of benzene rings is 1. The van der Waals surface area contributed by atoms with Crippen molar-refractivity contribution in [1.82, 2.24) is 4.90 Å². The lowest BCUT2D eigenvalue weighted by atomic mass is 9.87. The monoisotopic (exact) mass is 411 g/mol. The van der Waals surface area contributed by atoms with Gasteiger partial charge >= 0.3 is 18.4 Å². The van der Waals surface area contributed by atoms with E-state index >= 15 is 0 Å². The molecule has 1 aromatic rings. The first-order valence-electron chi connectivity index (χ1n) is 8.92. The summed E-state index contributed by atoms with van der Waals surface area (Å²) in [5.41, 5.74) is -3.37. The molecule has 0 spiro atoms. The van der Waals surface area contributed by atoms with Crippen LogP contribution in [0.4, 0.5) is 31.1 Å². The zero-order valence-corrected chi connectivity index (χ0v) is 15.9. The molecule has 0 bridgehead atoms. The van der Waals surface area contributed by atoms with Crippen molar-refractivity contribution in [1.29, 1.82) is 0 Å². The fourth-order valence-electron chi connectivity index (χ4n) is 3.15. The Morgan fingerprint density at radius 2 is 1.61 bits per heavy atom. The summed E-state index contributed by atoms with van der Waals surface area (Å²) in [6.45, 7) is 5.88. The Balaban J connectivity index is 2.08. The van der Waals surface area contributed by atoms with Gasteiger partial charge in [-0.05, 0) is 63.6 Å². The average Bonchev–Trinajstić information content (AvgIpc) is 2.52. The fraction of sp³-hybridized carbons (Fsp3) is 0.632. The van der Waals surface area contributed by atoms with Gasteiger partial charge in [0.2, 0.25) is 0 Å². The summed E-state index contributed by atoms with van der Waals surface area (Å²) in [7, 11) is 0. The third kappa shape index (κ3) is 6.04. The predicted octanol–water partition coefficient (Wildman–Crippen LogP) is 5.91. The van der Waals surface area contributed by atoms with Crippen LogP contribution in [0.2, 0.25) is 0 Å². The molecule has 0 N–H and O–H groups in total. The highest BCUT2D eigenvalue weighted by atomic mass is 19.4. The maximum absolute atomic E-state index is 13.3.